The second-order valence-electron chi connectivity index (χ2n) is 3.69. The number of rotatable bonds is 5. The molecule has 6 heteroatoms. The molecule has 1 aliphatic rings. The average molecular weight is 227 g/mol. The summed E-state index contributed by atoms with van der Waals surface area (Å²) in [6.45, 7) is 0.740. The van der Waals surface area contributed by atoms with Crippen LogP contribution >= 0.6 is 0 Å². The lowest BCUT2D eigenvalue weighted by molar-refractivity contribution is -0.201. The van der Waals surface area contributed by atoms with Crippen LogP contribution in [0, 0.1) is 0 Å². The minimum absolute atomic E-state index is 0.167. The molecule has 2 atom stereocenters. The summed E-state index contributed by atoms with van der Waals surface area (Å²) < 4.78 is 40.9. The van der Waals surface area contributed by atoms with Crippen LogP contribution < -0.4 is 5.32 Å². The quantitative estimate of drug-likeness (QED) is 0.690. The molecule has 15 heavy (non-hydrogen) atoms. The van der Waals surface area contributed by atoms with E-state index in [1.165, 1.54) is 0 Å². The van der Waals surface area contributed by atoms with E-state index < -0.39 is 18.8 Å². The van der Waals surface area contributed by atoms with Gasteiger partial charge in [-0.1, -0.05) is 0 Å². The highest BCUT2D eigenvalue weighted by atomic mass is 19.4. The van der Waals surface area contributed by atoms with Crippen molar-refractivity contribution in [1.82, 2.24) is 5.32 Å². The molecule has 0 aromatic rings. The molecule has 0 aliphatic carbocycles. The summed E-state index contributed by atoms with van der Waals surface area (Å²) in [5.74, 6) is 0. The molecule has 1 aliphatic heterocycles. The first kappa shape index (κ1) is 12.7. The van der Waals surface area contributed by atoms with Crippen LogP contribution in [0.4, 0.5) is 13.2 Å². The first-order valence-corrected chi connectivity index (χ1v) is 5.07. The Labute approximate surface area is 86.6 Å². The molecule has 3 nitrogen and oxygen atoms in total. The molecule has 90 valence electrons. The molecule has 0 aromatic carbocycles. The van der Waals surface area contributed by atoms with E-state index in [2.05, 4.69) is 5.32 Å². The molecule has 0 aromatic heterocycles. The lowest BCUT2D eigenvalue weighted by Gasteiger charge is -2.15. The van der Waals surface area contributed by atoms with Crippen molar-refractivity contribution in [2.45, 2.75) is 37.6 Å². The molecular weight excluding hydrogens is 211 g/mol. The Balaban J connectivity index is 2.01. The summed E-state index contributed by atoms with van der Waals surface area (Å²) in [5, 5.41) is 11.2. The zero-order valence-corrected chi connectivity index (χ0v) is 8.39. The maximum absolute atomic E-state index is 11.9. The SMILES string of the molecule is OC(CNCCC1CCCO1)C(F)(F)F. The second-order valence-corrected chi connectivity index (χ2v) is 3.69. The molecule has 1 rings (SSSR count). The molecule has 0 radical (unpaired) electrons. The van der Waals surface area contributed by atoms with Crippen molar-refractivity contribution in [3.8, 4) is 0 Å². The molecule has 0 bridgehead atoms. The largest absolute Gasteiger partial charge is 0.415 e. The smallest absolute Gasteiger partial charge is 0.382 e. The van der Waals surface area contributed by atoms with Gasteiger partial charge in [0.1, 0.15) is 0 Å². The number of halogens is 3. The van der Waals surface area contributed by atoms with Crippen LogP contribution in [-0.2, 0) is 4.74 Å². The standard InChI is InChI=1S/C9H16F3NO2/c10-9(11,12)8(14)6-13-4-3-7-2-1-5-15-7/h7-8,13-14H,1-6H2. The van der Waals surface area contributed by atoms with Gasteiger partial charge in [-0.05, 0) is 25.8 Å². The highest BCUT2D eigenvalue weighted by Gasteiger charge is 2.37. The summed E-state index contributed by atoms with van der Waals surface area (Å²) in [6.07, 6.45) is -3.94. The van der Waals surface area contributed by atoms with Crippen molar-refractivity contribution >= 4 is 0 Å². The maximum Gasteiger partial charge on any atom is 0.415 e. The van der Waals surface area contributed by atoms with E-state index in [-0.39, 0.29) is 6.10 Å². The minimum Gasteiger partial charge on any atom is -0.382 e. The molecule has 0 amide bonds. The van der Waals surface area contributed by atoms with E-state index in [0.29, 0.717) is 13.0 Å². The van der Waals surface area contributed by atoms with Gasteiger partial charge in [-0.25, -0.2) is 0 Å². The predicted octanol–water partition coefficient (Wildman–Crippen LogP) is 1.07. The Bertz CT molecular complexity index is 181. The van der Waals surface area contributed by atoms with Crippen LogP contribution in [0.15, 0.2) is 0 Å². The van der Waals surface area contributed by atoms with Crippen molar-refractivity contribution < 1.29 is 23.0 Å². The third-order valence-corrected chi connectivity index (χ3v) is 2.38. The van der Waals surface area contributed by atoms with Crippen molar-refractivity contribution in [2.75, 3.05) is 19.7 Å². The van der Waals surface area contributed by atoms with Gasteiger partial charge in [0.15, 0.2) is 6.10 Å². The molecule has 1 heterocycles. The van der Waals surface area contributed by atoms with Crippen molar-refractivity contribution in [1.29, 1.82) is 0 Å². The average Bonchev–Trinajstić information content (AvgIpc) is 2.63. The fourth-order valence-corrected chi connectivity index (χ4v) is 1.49. The molecule has 2 unspecified atom stereocenters. The van der Waals surface area contributed by atoms with E-state index >= 15 is 0 Å². The number of aliphatic hydroxyl groups is 1. The Hall–Kier alpha value is -0.330. The van der Waals surface area contributed by atoms with Gasteiger partial charge in [-0.2, -0.15) is 13.2 Å². The third kappa shape index (κ3) is 4.81. The zero-order chi connectivity index (χ0) is 11.3. The van der Waals surface area contributed by atoms with E-state index in [4.69, 9.17) is 9.84 Å². The number of nitrogens with one attached hydrogen (secondary N) is 1. The summed E-state index contributed by atoms with van der Waals surface area (Å²) >= 11 is 0. The van der Waals surface area contributed by atoms with Gasteiger partial charge in [0.2, 0.25) is 0 Å². The predicted molar refractivity (Wildman–Crippen MR) is 48.5 cm³/mol. The number of hydrogen-bond donors (Lipinski definition) is 2. The summed E-state index contributed by atoms with van der Waals surface area (Å²) in [7, 11) is 0. The Morgan fingerprint density at radius 3 is 2.73 bits per heavy atom. The summed E-state index contributed by atoms with van der Waals surface area (Å²) in [4.78, 5) is 0. The lowest BCUT2D eigenvalue weighted by atomic mass is 10.2. The molecule has 1 saturated heterocycles. The summed E-state index contributed by atoms with van der Waals surface area (Å²) in [6, 6.07) is 0. The van der Waals surface area contributed by atoms with Gasteiger partial charge < -0.3 is 15.2 Å². The fraction of sp³-hybridized carbons (Fsp3) is 1.00. The van der Waals surface area contributed by atoms with Gasteiger partial charge in [0, 0.05) is 13.2 Å². The fourth-order valence-electron chi connectivity index (χ4n) is 1.49. The van der Waals surface area contributed by atoms with E-state index in [0.717, 1.165) is 19.4 Å². The van der Waals surface area contributed by atoms with Crippen LogP contribution in [0.1, 0.15) is 19.3 Å². The monoisotopic (exact) mass is 227 g/mol. The highest BCUT2D eigenvalue weighted by Crippen LogP contribution is 2.19. The van der Waals surface area contributed by atoms with Crippen molar-refractivity contribution in [3.63, 3.8) is 0 Å². The van der Waals surface area contributed by atoms with Crippen LogP contribution in [0.5, 0.6) is 0 Å². The Morgan fingerprint density at radius 1 is 1.47 bits per heavy atom. The molecule has 0 saturated carbocycles. The first-order chi connectivity index (χ1) is 7.00. The maximum atomic E-state index is 11.9. The lowest BCUT2D eigenvalue weighted by Crippen LogP contribution is -2.39. The molecule has 2 N–H and O–H groups in total. The Kier molecular flexibility index (Phi) is 4.82. The van der Waals surface area contributed by atoms with E-state index in [1.807, 2.05) is 0 Å². The highest BCUT2D eigenvalue weighted by molar-refractivity contribution is 4.70. The van der Waals surface area contributed by atoms with E-state index in [9.17, 15) is 13.2 Å². The third-order valence-electron chi connectivity index (χ3n) is 2.38. The topological polar surface area (TPSA) is 41.5 Å². The van der Waals surface area contributed by atoms with E-state index in [1.54, 1.807) is 0 Å². The number of ether oxygens (including phenoxy) is 1. The van der Waals surface area contributed by atoms with Gasteiger partial charge >= 0.3 is 6.18 Å². The van der Waals surface area contributed by atoms with Crippen molar-refractivity contribution in [2.24, 2.45) is 0 Å². The number of aliphatic hydroxyl groups excluding tert-OH is 1. The normalized spacial score (nSPS) is 24.4. The van der Waals surface area contributed by atoms with Crippen LogP contribution in [0.25, 0.3) is 0 Å². The number of alkyl halides is 3. The molecular formula is C9H16F3NO2. The zero-order valence-electron chi connectivity index (χ0n) is 8.39. The van der Waals surface area contributed by atoms with Crippen LogP contribution in [0.2, 0.25) is 0 Å². The summed E-state index contributed by atoms with van der Waals surface area (Å²) in [5.41, 5.74) is 0. The van der Waals surface area contributed by atoms with Gasteiger partial charge in [0.05, 0.1) is 6.10 Å². The molecule has 0 spiro atoms. The van der Waals surface area contributed by atoms with Gasteiger partial charge in [-0.15, -0.1) is 0 Å². The second kappa shape index (κ2) is 5.67. The number of hydrogen-bond acceptors (Lipinski definition) is 3. The van der Waals surface area contributed by atoms with Crippen molar-refractivity contribution in [3.05, 3.63) is 0 Å². The van der Waals surface area contributed by atoms with Crippen LogP contribution in [-0.4, -0.2) is 43.2 Å². The van der Waals surface area contributed by atoms with Gasteiger partial charge in [0.25, 0.3) is 0 Å². The first-order valence-electron chi connectivity index (χ1n) is 5.07. The van der Waals surface area contributed by atoms with Crippen LogP contribution in [0.3, 0.4) is 0 Å². The Morgan fingerprint density at radius 2 is 2.20 bits per heavy atom. The van der Waals surface area contributed by atoms with Gasteiger partial charge in [-0.3, -0.25) is 0 Å². The molecule has 1 fully saturated rings. The minimum atomic E-state index is -4.53.